The van der Waals surface area contributed by atoms with E-state index in [0.29, 0.717) is 16.4 Å². The molecule has 0 unspecified atom stereocenters. The molecule has 0 fully saturated rings. The number of amides is 1. The lowest BCUT2D eigenvalue weighted by Crippen LogP contribution is -2.15. The number of nitriles is 1. The van der Waals surface area contributed by atoms with Gasteiger partial charge < -0.3 is 16.4 Å². The minimum absolute atomic E-state index is 0.0700. The summed E-state index contributed by atoms with van der Waals surface area (Å²) < 4.78 is 0. The molecule has 2 aromatic rings. The van der Waals surface area contributed by atoms with Crippen molar-refractivity contribution in [2.75, 3.05) is 16.4 Å². The second-order valence-corrected chi connectivity index (χ2v) is 5.28. The van der Waals surface area contributed by atoms with Crippen LogP contribution in [0, 0.1) is 18.3 Å². The summed E-state index contributed by atoms with van der Waals surface area (Å²) in [5.74, 6) is -0.556. The molecular formula is C17H15ClN4O. The van der Waals surface area contributed by atoms with Gasteiger partial charge in [0.05, 0.1) is 10.7 Å². The molecule has 0 aliphatic heterocycles. The van der Waals surface area contributed by atoms with Crippen LogP contribution in [0.3, 0.4) is 0 Å². The molecule has 5 nitrogen and oxygen atoms in total. The molecule has 4 N–H and O–H groups in total. The Labute approximate surface area is 139 Å². The maximum Gasteiger partial charge on any atom is 0.267 e. The van der Waals surface area contributed by atoms with Crippen LogP contribution >= 0.6 is 11.6 Å². The Morgan fingerprint density at radius 1 is 1.30 bits per heavy atom. The molecule has 1 amide bonds. The van der Waals surface area contributed by atoms with Crippen molar-refractivity contribution in [1.29, 1.82) is 5.26 Å². The van der Waals surface area contributed by atoms with Gasteiger partial charge in [-0.25, -0.2) is 0 Å². The molecule has 2 aromatic carbocycles. The van der Waals surface area contributed by atoms with Crippen LogP contribution in [0.4, 0.5) is 17.1 Å². The Kier molecular flexibility index (Phi) is 5.23. The highest BCUT2D eigenvalue weighted by Gasteiger charge is 2.11. The molecule has 0 saturated heterocycles. The van der Waals surface area contributed by atoms with Gasteiger partial charge >= 0.3 is 0 Å². The summed E-state index contributed by atoms with van der Waals surface area (Å²) in [6, 6.07) is 14.2. The molecule has 0 atom stereocenters. The van der Waals surface area contributed by atoms with Crippen molar-refractivity contribution < 1.29 is 4.79 Å². The van der Waals surface area contributed by atoms with Gasteiger partial charge in [-0.1, -0.05) is 23.7 Å². The Balaban J connectivity index is 2.12. The first-order chi connectivity index (χ1) is 11.0. The molecule has 0 aliphatic rings. The van der Waals surface area contributed by atoms with E-state index in [2.05, 4.69) is 10.6 Å². The highest BCUT2D eigenvalue weighted by atomic mass is 35.5. The smallest absolute Gasteiger partial charge is 0.267 e. The van der Waals surface area contributed by atoms with Gasteiger partial charge in [0, 0.05) is 17.6 Å². The van der Waals surface area contributed by atoms with Crippen LogP contribution in [0.5, 0.6) is 0 Å². The average molecular weight is 327 g/mol. The number of nitrogens with zero attached hydrogens (tertiary/aromatic N) is 1. The number of nitrogen functional groups attached to an aromatic ring is 1. The number of nitrogens with two attached hydrogens (primary N) is 1. The second-order valence-electron chi connectivity index (χ2n) is 4.88. The van der Waals surface area contributed by atoms with Gasteiger partial charge in [-0.2, -0.15) is 5.26 Å². The third-order valence-corrected chi connectivity index (χ3v) is 3.32. The molecule has 0 spiro atoms. The number of rotatable bonds is 4. The predicted molar refractivity (Wildman–Crippen MR) is 93.0 cm³/mol. The number of carbonyl (C=O) groups excluding carboxylic acids is 1. The molecule has 0 heterocycles. The van der Waals surface area contributed by atoms with E-state index in [4.69, 9.17) is 22.6 Å². The van der Waals surface area contributed by atoms with Crippen LogP contribution in [0.15, 0.2) is 54.2 Å². The molecule has 2 rings (SSSR count). The molecule has 6 heteroatoms. The van der Waals surface area contributed by atoms with Crippen molar-refractivity contribution in [2.24, 2.45) is 0 Å². The van der Waals surface area contributed by atoms with Crippen molar-refractivity contribution in [2.45, 2.75) is 6.92 Å². The zero-order chi connectivity index (χ0) is 16.8. The summed E-state index contributed by atoms with van der Waals surface area (Å²) in [7, 11) is 0. The Morgan fingerprint density at radius 3 is 2.74 bits per heavy atom. The van der Waals surface area contributed by atoms with Gasteiger partial charge in [0.15, 0.2) is 0 Å². The first kappa shape index (κ1) is 16.4. The molecule has 23 heavy (non-hydrogen) atoms. The highest BCUT2D eigenvalue weighted by molar-refractivity contribution is 6.34. The number of nitrogens with one attached hydrogen (secondary N) is 2. The van der Waals surface area contributed by atoms with Gasteiger partial charge in [-0.05, 0) is 42.8 Å². The number of anilines is 3. The zero-order valence-corrected chi connectivity index (χ0v) is 13.2. The van der Waals surface area contributed by atoms with Gasteiger partial charge in [0.25, 0.3) is 5.91 Å². The molecular weight excluding hydrogens is 312 g/mol. The molecule has 0 bridgehead atoms. The van der Waals surface area contributed by atoms with E-state index in [1.807, 2.05) is 37.3 Å². The SMILES string of the molecule is Cc1cccc(N/C=C(/C#N)C(=O)Nc2ccc(N)cc2Cl)c1. The van der Waals surface area contributed by atoms with Crippen LogP contribution in [-0.4, -0.2) is 5.91 Å². The zero-order valence-electron chi connectivity index (χ0n) is 12.4. The topological polar surface area (TPSA) is 90.9 Å². The lowest BCUT2D eigenvalue weighted by atomic mass is 10.2. The normalized spacial score (nSPS) is 10.7. The second kappa shape index (κ2) is 7.34. The minimum atomic E-state index is -0.556. The molecule has 0 saturated carbocycles. The van der Waals surface area contributed by atoms with E-state index >= 15 is 0 Å². The van der Waals surface area contributed by atoms with Gasteiger partial charge in [0.1, 0.15) is 11.6 Å². The molecule has 116 valence electrons. The number of hydrogen-bond acceptors (Lipinski definition) is 4. The number of hydrogen-bond donors (Lipinski definition) is 3. The van der Waals surface area contributed by atoms with Crippen molar-refractivity contribution in [3.8, 4) is 6.07 Å². The molecule has 0 aromatic heterocycles. The number of halogens is 1. The standard InChI is InChI=1S/C17H15ClN4O/c1-11-3-2-4-14(7-11)21-10-12(9-19)17(23)22-16-6-5-13(20)8-15(16)18/h2-8,10,21H,20H2,1H3,(H,22,23)/b12-10-. The average Bonchev–Trinajstić information content (AvgIpc) is 2.51. The molecule has 0 aliphatic carbocycles. The summed E-state index contributed by atoms with van der Waals surface area (Å²) in [6.07, 6.45) is 1.36. The predicted octanol–water partition coefficient (Wildman–Crippen LogP) is 3.69. The first-order valence-electron chi connectivity index (χ1n) is 6.79. The first-order valence-corrected chi connectivity index (χ1v) is 7.17. The summed E-state index contributed by atoms with van der Waals surface area (Å²) in [5, 5.41) is 15.0. The summed E-state index contributed by atoms with van der Waals surface area (Å²) in [4.78, 5) is 12.1. The van der Waals surface area contributed by atoms with Crippen LogP contribution in [0.2, 0.25) is 5.02 Å². The van der Waals surface area contributed by atoms with E-state index in [1.54, 1.807) is 12.1 Å². The summed E-state index contributed by atoms with van der Waals surface area (Å²) in [6.45, 7) is 1.95. The Hall–Kier alpha value is -2.97. The number of benzene rings is 2. The molecule has 0 radical (unpaired) electrons. The van der Waals surface area contributed by atoms with Gasteiger partial charge in [-0.15, -0.1) is 0 Å². The van der Waals surface area contributed by atoms with Crippen LogP contribution in [0.25, 0.3) is 0 Å². The maximum atomic E-state index is 12.1. The number of carbonyl (C=O) groups is 1. The third-order valence-electron chi connectivity index (χ3n) is 3.01. The van der Waals surface area contributed by atoms with Crippen LogP contribution in [0.1, 0.15) is 5.56 Å². The van der Waals surface area contributed by atoms with Gasteiger partial charge in [0.2, 0.25) is 0 Å². The number of aryl methyl sites for hydroxylation is 1. The fourth-order valence-electron chi connectivity index (χ4n) is 1.86. The minimum Gasteiger partial charge on any atom is -0.399 e. The summed E-state index contributed by atoms with van der Waals surface area (Å²) >= 11 is 6.00. The highest BCUT2D eigenvalue weighted by Crippen LogP contribution is 2.24. The largest absolute Gasteiger partial charge is 0.399 e. The summed E-state index contributed by atoms with van der Waals surface area (Å²) in [5.41, 5.74) is 8.27. The van der Waals surface area contributed by atoms with E-state index in [0.717, 1.165) is 11.3 Å². The lowest BCUT2D eigenvalue weighted by Gasteiger charge is -2.08. The maximum absolute atomic E-state index is 12.1. The van der Waals surface area contributed by atoms with Crippen molar-refractivity contribution in [3.63, 3.8) is 0 Å². The van der Waals surface area contributed by atoms with Crippen LogP contribution < -0.4 is 16.4 Å². The van der Waals surface area contributed by atoms with E-state index in [1.165, 1.54) is 12.3 Å². The van der Waals surface area contributed by atoms with Crippen molar-refractivity contribution in [1.82, 2.24) is 0 Å². The fraction of sp³-hybridized carbons (Fsp3) is 0.0588. The third kappa shape index (κ3) is 4.50. The van der Waals surface area contributed by atoms with Crippen molar-refractivity contribution >= 4 is 34.6 Å². The fourth-order valence-corrected chi connectivity index (χ4v) is 2.10. The van der Waals surface area contributed by atoms with Crippen LogP contribution in [-0.2, 0) is 4.79 Å². The van der Waals surface area contributed by atoms with E-state index in [9.17, 15) is 4.79 Å². The monoisotopic (exact) mass is 326 g/mol. The quantitative estimate of drug-likeness (QED) is 0.454. The lowest BCUT2D eigenvalue weighted by molar-refractivity contribution is -0.112. The van der Waals surface area contributed by atoms with E-state index in [-0.39, 0.29) is 5.57 Å². The van der Waals surface area contributed by atoms with Gasteiger partial charge in [-0.3, -0.25) is 4.79 Å². The van der Waals surface area contributed by atoms with Crippen molar-refractivity contribution in [3.05, 3.63) is 64.8 Å². The Morgan fingerprint density at radius 2 is 2.09 bits per heavy atom. The van der Waals surface area contributed by atoms with E-state index < -0.39 is 5.91 Å². The Bertz CT molecular complexity index is 808.